The molecule has 1 aliphatic carbocycles. The summed E-state index contributed by atoms with van der Waals surface area (Å²) >= 11 is 1.34. The van der Waals surface area contributed by atoms with Crippen LogP contribution in [0.3, 0.4) is 0 Å². The fourth-order valence-corrected chi connectivity index (χ4v) is 3.49. The van der Waals surface area contributed by atoms with E-state index in [-0.39, 0.29) is 5.56 Å². The maximum absolute atomic E-state index is 12.1. The Morgan fingerprint density at radius 2 is 2.16 bits per heavy atom. The van der Waals surface area contributed by atoms with Gasteiger partial charge in [0.15, 0.2) is 5.16 Å². The lowest BCUT2D eigenvalue weighted by molar-refractivity contribution is 0.0169. The van der Waals surface area contributed by atoms with Gasteiger partial charge in [0.1, 0.15) is 11.6 Å². The number of benzene rings is 1. The summed E-state index contributed by atoms with van der Waals surface area (Å²) in [5.41, 5.74) is 1.86. The highest BCUT2D eigenvalue weighted by molar-refractivity contribution is 7.98. The first-order chi connectivity index (χ1) is 12.2. The number of thioether (sulfide) groups is 1. The highest BCUT2D eigenvalue weighted by atomic mass is 32.2. The molecule has 2 aromatic rings. The summed E-state index contributed by atoms with van der Waals surface area (Å²) in [7, 11) is 0. The number of aromatic nitrogens is 2. The number of rotatable bonds is 5. The van der Waals surface area contributed by atoms with Crippen LogP contribution in [0.5, 0.6) is 0 Å². The van der Waals surface area contributed by atoms with Gasteiger partial charge in [-0.2, -0.15) is 5.26 Å². The molecule has 6 heteroatoms. The van der Waals surface area contributed by atoms with E-state index in [4.69, 9.17) is 4.74 Å². The molecule has 3 rings (SSSR count). The Balaban J connectivity index is 1.85. The molecule has 0 saturated heterocycles. The van der Waals surface area contributed by atoms with Crippen molar-refractivity contribution in [1.29, 1.82) is 5.26 Å². The molecular weight excluding hydrogens is 334 g/mol. The maximum Gasteiger partial charge on any atom is 0.270 e. The molecule has 1 fully saturated rings. The number of nitrogens with zero attached hydrogens (tertiary/aromatic N) is 2. The van der Waals surface area contributed by atoms with E-state index in [9.17, 15) is 10.1 Å². The molecule has 1 N–H and O–H groups in total. The van der Waals surface area contributed by atoms with Crippen molar-refractivity contribution in [2.45, 2.75) is 50.0 Å². The minimum atomic E-state index is -0.402. The third-order valence-electron chi connectivity index (χ3n) is 4.44. The van der Waals surface area contributed by atoms with Crippen molar-refractivity contribution in [2.75, 3.05) is 6.26 Å². The Labute approximate surface area is 151 Å². The van der Waals surface area contributed by atoms with Gasteiger partial charge in [-0.1, -0.05) is 49.2 Å². The van der Waals surface area contributed by atoms with Crippen molar-refractivity contribution in [3.63, 3.8) is 0 Å². The highest BCUT2D eigenvalue weighted by Crippen LogP contribution is 2.24. The second kappa shape index (κ2) is 8.32. The van der Waals surface area contributed by atoms with Crippen LogP contribution >= 0.6 is 11.8 Å². The second-order valence-corrected chi connectivity index (χ2v) is 6.98. The average Bonchev–Trinajstić information content (AvgIpc) is 2.66. The minimum Gasteiger partial charge on any atom is -0.374 e. The fraction of sp³-hybridized carbons (Fsp3) is 0.421. The van der Waals surface area contributed by atoms with Crippen LogP contribution < -0.4 is 5.56 Å². The van der Waals surface area contributed by atoms with Crippen molar-refractivity contribution in [1.82, 2.24) is 9.97 Å². The van der Waals surface area contributed by atoms with Crippen molar-refractivity contribution in [2.24, 2.45) is 0 Å². The van der Waals surface area contributed by atoms with Crippen LogP contribution in [0, 0.1) is 11.3 Å². The topological polar surface area (TPSA) is 78.8 Å². The van der Waals surface area contributed by atoms with Crippen LogP contribution in [0.1, 0.15) is 43.2 Å². The summed E-state index contributed by atoms with van der Waals surface area (Å²) in [6.45, 7) is 0.541. The zero-order valence-corrected chi connectivity index (χ0v) is 15.1. The Bertz CT molecular complexity index is 835. The number of H-pyrrole nitrogens is 1. The van der Waals surface area contributed by atoms with Gasteiger partial charge in [0.25, 0.3) is 5.56 Å². The van der Waals surface area contributed by atoms with Gasteiger partial charge in [0.05, 0.1) is 18.4 Å². The van der Waals surface area contributed by atoms with E-state index in [0.717, 1.165) is 24.0 Å². The molecule has 130 valence electrons. The largest absolute Gasteiger partial charge is 0.374 e. The zero-order valence-electron chi connectivity index (χ0n) is 14.2. The maximum atomic E-state index is 12.1. The SMILES string of the molecule is CSc1nc(-c2cccc(COC3CCCCC3)c2)c(C#N)c(=O)[nH]1. The molecular formula is C19H21N3O2S. The van der Waals surface area contributed by atoms with Crippen LogP contribution in [-0.2, 0) is 11.3 Å². The molecule has 0 bridgehead atoms. The molecule has 0 atom stereocenters. The van der Waals surface area contributed by atoms with Gasteiger partial charge in [-0.15, -0.1) is 0 Å². The monoisotopic (exact) mass is 355 g/mol. The van der Waals surface area contributed by atoms with E-state index >= 15 is 0 Å². The van der Waals surface area contributed by atoms with E-state index in [2.05, 4.69) is 9.97 Å². The Hall–Kier alpha value is -2.10. The van der Waals surface area contributed by atoms with Crippen LogP contribution in [0.2, 0.25) is 0 Å². The Morgan fingerprint density at radius 3 is 2.88 bits per heavy atom. The van der Waals surface area contributed by atoms with E-state index in [1.165, 1.54) is 31.0 Å². The smallest absolute Gasteiger partial charge is 0.270 e. The van der Waals surface area contributed by atoms with Gasteiger partial charge in [0, 0.05) is 5.56 Å². The third kappa shape index (κ3) is 4.30. The number of hydrogen-bond acceptors (Lipinski definition) is 5. The minimum absolute atomic E-state index is 0.0446. The van der Waals surface area contributed by atoms with Gasteiger partial charge >= 0.3 is 0 Å². The molecule has 25 heavy (non-hydrogen) atoms. The summed E-state index contributed by atoms with van der Waals surface area (Å²) in [6, 6.07) is 9.71. The summed E-state index contributed by atoms with van der Waals surface area (Å²) < 4.78 is 6.03. The summed E-state index contributed by atoms with van der Waals surface area (Å²) in [5.74, 6) is 0. The Morgan fingerprint density at radius 1 is 1.36 bits per heavy atom. The second-order valence-electron chi connectivity index (χ2n) is 6.18. The molecule has 1 aliphatic rings. The predicted molar refractivity (Wildman–Crippen MR) is 98.5 cm³/mol. The summed E-state index contributed by atoms with van der Waals surface area (Å²) in [6.07, 6.45) is 8.22. The van der Waals surface area contributed by atoms with E-state index in [1.807, 2.05) is 36.6 Å². The lowest BCUT2D eigenvalue weighted by Crippen LogP contribution is -2.16. The van der Waals surface area contributed by atoms with Crippen LogP contribution in [0.15, 0.2) is 34.2 Å². The van der Waals surface area contributed by atoms with Crippen LogP contribution in [-0.4, -0.2) is 22.3 Å². The standard InChI is InChI=1S/C19H21N3O2S/c1-25-19-21-17(16(11-20)18(23)22-19)14-7-5-6-13(10-14)12-24-15-8-3-2-4-9-15/h5-7,10,15H,2-4,8-9,12H2,1H3,(H,21,22,23). The number of hydrogen-bond donors (Lipinski definition) is 1. The van der Waals surface area contributed by atoms with E-state index in [0.29, 0.717) is 23.6 Å². The van der Waals surface area contributed by atoms with Crippen molar-refractivity contribution in [3.05, 3.63) is 45.7 Å². The third-order valence-corrected chi connectivity index (χ3v) is 5.02. The molecule has 0 spiro atoms. The molecule has 0 radical (unpaired) electrons. The Kier molecular flexibility index (Phi) is 5.90. The number of aromatic amines is 1. The molecule has 5 nitrogen and oxygen atoms in total. The molecule has 0 aliphatic heterocycles. The number of ether oxygens (including phenoxy) is 1. The first kappa shape index (κ1) is 17.7. The molecule has 0 unspecified atom stereocenters. The van der Waals surface area contributed by atoms with Crippen molar-refractivity contribution < 1.29 is 4.74 Å². The average molecular weight is 355 g/mol. The molecule has 1 heterocycles. The number of nitrogens with one attached hydrogen (secondary N) is 1. The van der Waals surface area contributed by atoms with Crippen molar-refractivity contribution >= 4 is 11.8 Å². The first-order valence-electron chi connectivity index (χ1n) is 8.50. The molecule has 1 aromatic carbocycles. The zero-order chi connectivity index (χ0) is 17.6. The summed E-state index contributed by atoms with van der Waals surface area (Å²) in [4.78, 5) is 19.1. The lowest BCUT2D eigenvalue weighted by atomic mass is 9.98. The fourth-order valence-electron chi connectivity index (χ4n) is 3.12. The first-order valence-corrected chi connectivity index (χ1v) is 9.73. The molecule has 1 saturated carbocycles. The lowest BCUT2D eigenvalue weighted by Gasteiger charge is -2.22. The van der Waals surface area contributed by atoms with E-state index < -0.39 is 5.56 Å². The quantitative estimate of drug-likeness (QED) is 0.650. The highest BCUT2D eigenvalue weighted by Gasteiger charge is 2.15. The predicted octanol–water partition coefficient (Wildman–Crippen LogP) is 3.88. The summed E-state index contributed by atoms with van der Waals surface area (Å²) in [5, 5.41) is 9.83. The van der Waals surface area contributed by atoms with Gasteiger partial charge in [-0.3, -0.25) is 4.79 Å². The van der Waals surface area contributed by atoms with Gasteiger partial charge in [-0.05, 0) is 30.7 Å². The van der Waals surface area contributed by atoms with E-state index in [1.54, 1.807) is 0 Å². The van der Waals surface area contributed by atoms with Gasteiger partial charge < -0.3 is 9.72 Å². The van der Waals surface area contributed by atoms with Gasteiger partial charge in [0.2, 0.25) is 0 Å². The number of nitriles is 1. The molecule has 1 aromatic heterocycles. The van der Waals surface area contributed by atoms with Crippen LogP contribution in [0.4, 0.5) is 0 Å². The molecule has 0 amide bonds. The van der Waals surface area contributed by atoms with Crippen LogP contribution in [0.25, 0.3) is 11.3 Å². The van der Waals surface area contributed by atoms with Gasteiger partial charge in [-0.25, -0.2) is 4.98 Å². The van der Waals surface area contributed by atoms with Crippen molar-refractivity contribution in [3.8, 4) is 17.3 Å². The normalized spacial score (nSPS) is 15.0.